The molecule has 1 amide bonds. The van der Waals surface area contributed by atoms with Crippen molar-refractivity contribution in [1.29, 1.82) is 0 Å². The van der Waals surface area contributed by atoms with Gasteiger partial charge in [-0.2, -0.15) is 0 Å². The highest BCUT2D eigenvalue weighted by molar-refractivity contribution is 6.36. The van der Waals surface area contributed by atoms with Crippen molar-refractivity contribution in [3.8, 4) is 11.1 Å². The summed E-state index contributed by atoms with van der Waals surface area (Å²) < 4.78 is 5.49. The minimum Gasteiger partial charge on any atom is -0.480 e. The second-order valence-corrected chi connectivity index (χ2v) is 8.41. The maximum Gasteiger partial charge on any atom is 0.407 e. The molecule has 6 nitrogen and oxygen atoms in total. The second-order valence-electron chi connectivity index (χ2n) is 8.03. The molecule has 5 rings (SSSR count). The summed E-state index contributed by atoms with van der Waals surface area (Å²) in [6.45, 7) is 0.110. The number of carbonyl (C=O) groups is 2. The first-order chi connectivity index (χ1) is 16.0. The minimum absolute atomic E-state index is 0.00699. The molecular weight excluding hydrogens is 440 g/mol. The Morgan fingerprint density at radius 3 is 2.21 bits per heavy atom. The largest absolute Gasteiger partial charge is 0.480 e. The number of carboxylic acids is 1. The van der Waals surface area contributed by atoms with Crippen LogP contribution in [-0.4, -0.2) is 34.8 Å². The van der Waals surface area contributed by atoms with E-state index >= 15 is 0 Å². The number of carboxylic acid groups (broad SMARTS) is 1. The molecule has 1 aliphatic carbocycles. The van der Waals surface area contributed by atoms with Gasteiger partial charge in [0.05, 0.1) is 5.02 Å². The fourth-order valence-corrected chi connectivity index (χ4v) is 4.78. The van der Waals surface area contributed by atoms with Gasteiger partial charge in [-0.25, -0.2) is 9.59 Å². The fourth-order valence-electron chi connectivity index (χ4n) is 4.49. The fraction of sp³-hybridized carbons (Fsp3) is 0.154. The van der Waals surface area contributed by atoms with E-state index in [0.29, 0.717) is 10.7 Å². The van der Waals surface area contributed by atoms with Gasteiger partial charge in [-0.05, 0) is 28.3 Å². The van der Waals surface area contributed by atoms with Gasteiger partial charge < -0.3 is 20.1 Å². The molecule has 1 aliphatic rings. The molecule has 1 heterocycles. The zero-order chi connectivity index (χ0) is 22.9. The number of aromatic nitrogens is 1. The van der Waals surface area contributed by atoms with Gasteiger partial charge >= 0.3 is 12.1 Å². The van der Waals surface area contributed by atoms with Crippen molar-refractivity contribution in [3.63, 3.8) is 0 Å². The molecule has 0 saturated heterocycles. The van der Waals surface area contributed by atoms with Crippen LogP contribution in [0.2, 0.25) is 5.02 Å². The van der Waals surface area contributed by atoms with Crippen LogP contribution in [0.5, 0.6) is 0 Å². The van der Waals surface area contributed by atoms with Crippen LogP contribution in [-0.2, 0) is 16.0 Å². The van der Waals surface area contributed by atoms with Gasteiger partial charge in [0, 0.05) is 28.9 Å². The van der Waals surface area contributed by atoms with E-state index in [4.69, 9.17) is 16.3 Å². The number of halogens is 1. The third-order valence-electron chi connectivity index (χ3n) is 6.06. The highest BCUT2D eigenvalue weighted by Gasteiger charge is 2.30. The quantitative estimate of drug-likeness (QED) is 0.361. The zero-order valence-corrected chi connectivity index (χ0v) is 18.3. The standard InChI is InChI=1S/C26H21ClN2O4/c27-24-19-11-5-6-12-21(19)28-22(24)13-23(25(30)31)29-26(32)33-14-20-17-9-3-1-7-15(17)16-8-2-4-10-18(16)20/h1-12,20,23,28H,13-14H2,(H,29,32)(H,30,31). The van der Waals surface area contributed by atoms with Crippen molar-refractivity contribution in [1.82, 2.24) is 10.3 Å². The smallest absolute Gasteiger partial charge is 0.407 e. The van der Waals surface area contributed by atoms with Crippen LogP contribution in [0.25, 0.3) is 22.0 Å². The normalized spacial score (nSPS) is 13.4. The predicted molar refractivity (Wildman–Crippen MR) is 127 cm³/mol. The zero-order valence-electron chi connectivity index (χ0n) is 17.5. The molecule has 0 bridgehead atoms. The van der Waals surface area contributed by atoms with Gasteiger partial charge in [-0.1, -0.05) is 78.3 Å². The monoisotopic (exact) mass is 460 g/mol. The summed E-state index contributed by atoms with van der Waals surface area (Å²) in [7, 11) is 0. The molecule has 1 atom stereocenters. The van der Waals surface area contributed by atoms with Crippen LogP contribution >= 0.6 is 11.6 Å². The van der Waals surface area contributed by atoms with Crippen LogP contribution in [0.3, 0.4) is 0 Å². The number of amides is 1. The maximum atomic E-state index is 12.5. The number of hydrogen-bond donors (Lipinski definition) is 3. The third-order valence-corrected chi connectivity index (χ3v) is 6.49. The average molecular weight is 461 g/mol. The van der Waals surface area contributed by atoms with Crippen LogP contribution < -0.4 is 5.32 Å². The average Bonchev–Trinajstić information content (AvgIpc) is 3.32. The van der Waals surface area contributed by atoms with Crippen LogP contribution in [0.4, 0.5) is 4.79 Å². The molecule has 4 aromatic rings. The Morgan fingerprint density at radius 1 is 0.970 bits per heavy atom. The van der Waals surface area contributed by atoms with E-state index in [-0.39, 0.29) is 18.9 Å². The molecule has 0 fully saturated rings. The number of aliphatic carboxylic acids is 1. The number of aromatic amines is 1. The van der Waals surface area contributed by atoms with Crippen molar-refractivity contribution in [3.05, 3.63) is 94.6 Å². The molecule has 166 valence electrons. The van der Waals surface area contributed by atoms with Gasteiger partial charge in [0.15, 0.2) is 0 Å². The number of ether oxygens (including phenoxy) is 1. The number of nitrogens with one attached hydrogen (secondary N) is 2. The van der Waals surface area contributed by atoms with Crippen molar-refractivity contribution >= 4 is 34.6 Å². The number of hydrogen-bond acceptors (Lipinski definition) is 3. The van der Waals surface area contributed by atoms with Crippen molar-refractivity contribution in [2.75, 3.05) is 6.61 Å². The van der Waals surface area contributed by atoms with Gasteiger partial charge in [0.2, 0.25) is 0 Å². The molecule has 0 radical (unpaired) electrons. The minimum atomic E-state index is -1.19. The number of alkyl carbamates (subject to hydrolysis) is 1. The molecule has 0 spiro atoms. The van der Waals surface area contributed by atoms with E-state index in [0.717, 1.165) is 33.2 Å². The number of para-hydroxylation sites is 1. The van der Waals surface area contributed by atoms with Gasteiger partial charge in [-0.15, -0.1) is 0 Å². The lowest BCUT2D eigenvalue weighted by molar-refractivity contribution is -0.139. The summed E-state index contributed by atoms with van der Waals surface area (Å²) in [6, 6.07) is 22.3. The Labute approximate surface area is 195 Å². The first kappa shape index (κ1) is 21.1. The first-order valence-electron chi connectivity index (χ1n) is 10.6. The third kappa shape index (κ3) is 3.94. The lowest BCUT2D eigenvalue weighted by atomic mass is 9.98. The summed E-state index contributed by atoms with van der Waals surface area (Å²) >= 11 is 6.42. The number of carbonyl (C=O) groups excluding carboxylic acids is 1. The predicted octanol–water partition coefficient (Wildman–Crippen LogP) is 5.36. The second kappa shape index (κ2) is 8.64. The van der Waals surface area contributed by atoms with Gasteiger partial charge in [-0.3, -0.25) is 0 Å². The SMILES string of the molecule is O=C(NC(Cc1[nH]c2ccccc2c1Cl)C(=O)O)OCC1c2ccccc2-c2ccccc21. The Morgan fingerprint density at radius 2 is 1.58 bits per heavy atom. The Bertz CT molecular complexity index is 1320. The Balaban J connectivity index is 1.29. The summed E-state index contributed by atoms with van der Waals surface area (Å²) in [5.41, 5.74) is 5.78. The molecular formula is C26H21ClN2O4. The number of benzene rings is 3. The lowest BCUT2D eigenvalue weighted by Gasteiger charge is -2.17. The highest BCUT2D eigenvalue weighted by atomic mass is 35.5. The summed E-state index contributed by atoms with van der Waals surface area (Å²) in [5.74, 6) is -1.27. The number of H-pyrrole nitrogens is 1. The lowest BCUT2D eigenvalue weighted by Crippen LogP contribution is -2.43. The van der Waals surface area contributed by atoms with Crippen LogP contribution in [0.1, 0.15) is 22.7 Å². The van der Waals surface area contributed by atoms with Crippen molar-refractivity contribution in [2.24, 2.45) is 0 Å². The molecule has 1 aromatic heterocycles. The van der Waals surface area contributed by atoms with E-state index in [2.05, 4.69) is 22.4 Å². The Kier molecular flexibility index (Phi) is 5.52. The summed E-state index contributed by atoms with van der Waals surface area (Å²) in [5, 5.41) is 13.4. The molecule has 33 heavy (non-hydrogen) atoms. The van der Waals surface area contributed by atoms with Gasteiger partial charge in [0.25, 0.3) is 0 Å². The first-order valence-corrected chi connectivity index (χ1v) is 11.0. The molecule has 3 N–H and O–H groups in total. The maximum absolute atomic E-state index is 12.5. The summed E-state index contributed by atoms with van der Waals surface area (Å²) in [4.78, 5) is 27.5. The van der Waals surface area contributed by atoms with Crippen LogP contribution in [0.15, 0.2) is 72.8 Å². The number of rotatable bonds is 6. The van der Waals surface area contributed by atoms with E-state index in [1.54, 1.807) is 0 Å². The summed E-state index contributed by atoms with van der Waals surface area (Å²) in [6.07, 6.45) is -0.774. The van der Waals surface area contributed by atoms with E-state index in [1.807, 2.05) is 60.7 Å². The van der Waals surface area contributed by atoms with Gasteiger partial charge in [0.1, 0.15) is 12.6 Å². The molecule has 0 saturated carbocycles. The molecule has 1 unspecified atom stereocenters. The molecule has 7 heteroatoms. The van der Waals surface area contributed by atoms with E-state index in [1.165, 1.54) is 0 Å². The van der Waals surface area contributed by atoms with Crippen molar-refractivity contribution in [2.45, 2.75) is 18.4 Å². The van der Waals surface area contributed by atoms with E-state index < -0.39 is 18.1 Å². The Hall–Kier alpha value is -3.77. The number of fused-ring (bicyclic) bond motifs is 4. The van der Waals surface area contributed by atoms with E-state index in [9.17, 15) is 14.7 Å². The topological polar surface area (TPSA) is 91.4 Å². The molecule has 3 aromatic carbocycles. The van der Waals surface area contributed by atoms with Crippen LogP contribution in [0, 0.1) is 0 Å². The highest BCUT2D eigenvalue weighted by Crippen LogP contribution is 2.44. The van der Waals surface area contributed by atoms with Crippen molar-refractivity contribution < 1.29 is 19.4 Å². The molecule has 0 aliphatic heterocycles.